The molecule has 1 aliphatic heterocycles. The molecule has 0 bridgehead atoms. The average molecular weight is 234 g/mol. The molecule has 1 aliphatic rings. The summed E-state index contributed by atoms with van der Waals surface area (Å²) in [6.45, 7) is 1.74. The molecular weight excluding hydrogens is 220 g/mol. The van der Waals surface area contributed by atoms with Crippen molar-refractivity contribution in [3.05, 3.63) is 35.9 Å². The molecule has 1 unspecified atom stereocenters. The summed E-state index contributed by atoms with van der Waals surface area (Å²) in [7, 11) is 1.32. The van der Waals surface area contributed by atoms with Gasteiger partial charge < -0.3 is 9.47 Å². The molecule has 0 radical (unpaired) electrons. The third-order valence-corrected chi connectivity index (χ3v) is 3.19. The quantitative estimate of drug-likeness (QED) is 0.730. The molecule has 1 aromatic carbocycles. The van der Waals surface area contributed by atoms with Gasteiger partial charge in [-0.2, -0.15) is 0 Å². The number of hydrogen-bond donors (Lipinski definition) is 0. The van der Waals surface area contributed by atoms with E-state index < -0.39 is 17.5 Å². The number of esters is 2. The fourth-order valence-electron chi connectivity index (χ4n) is 2.19. The fraction of sp³-hybridized carbons (Fsp3) is 0.385. The minimum absolute atomic E-state index is 0.0675. The van der Waals surface area contributed by atoms with Crippen LogP contribution in [0.2, 0.25) is 0 Å². The van der Waals surface area contributed by atoms with Crippen molar-refractivity contribution < 1.29 is 19.1 Å². The van der Waals surface area contributed by atoms with Crippen LogP contribution >= 0.6 is 0 Å². The summed E-state index contributed by atoms with van der Waals surface area (Å²) < 4.78 is 10.1. The number of carbonyl (C=O) groups excluding carboxylic acids is 2. The molecule has 17 heavy (non-hydrogen) atoms. The molecule has 90 valence electrons. The van der Waals surface area contributed by atoms with Gasteiger partial charge in [0.2, 0.25) is 0 Å². The lowest BCUT2D eigenvalue weighted by Gasteiger charge is -2.28. The molecular formula is C13H14O4. The Morgan fingerprint density at radius 3 is 2.65 bits per heavy atom. The van der Waals surface area contributed by atoms with Gasteiger partial charge in [0.15, 0.2) is 0 Å². The number of ether oxygens (including phenoxy) is 2. The van der Waals surface area contributed by atoms with Crippen LogP contribution in [-0.4, -0.2) is 19.0 Å². The highest BCUT2D eigenvalue weighted by molar-refractivity contribution is 5.84. The molecule has 4 nitrogen and oxygen atoms in total. The van der Waals surface area contributed by atoms with Crippen molar-refractivity contribution in [2.45, 2.75) is 18.9 Å². The van der Waals surface area contributed by atoms with Crippen LogP contribution in [0.5, 0.6) is 0 Å². The molecule has 4 heteroatoms. The molecule has 0 N–H and O–H groups in total. The zero-order chi connectivity index (χ0) is 12.5. The number of benzene rings is 1. The summed E-state index contributed by atoms with van der Waals surface area (Å²) in [6, 6.07) is 9.25. The molecule has 1 heterocycles. The topological polar surface area (TPSA) is 52.6 Å². The van der Waals surface area contributed by atoms with E-state index in [1.54, 1.807) is 6.92 Å². The number of methoxy groups -OCH3 is 1. The highest BCUT2D eigenvalue weighted by Gasteiger charge is 2.51. The monoisotopic (exact) mass is 234 g/mol. The lowest BCUT2D eigenvalue weighted by molar-refractivity contribution is -0.155. The smallest absolute Gasteiger partial charge is 0.313 e. The van der Waals surface area contributed by atoms with Gasteiger partial charge in [-0.25, -0.2) is 0 Å². The summed E-state index contributed by atoms with van der Waals surface area (Å²) in [5.74, 6) is -1.36. The Hall–Kier alpha value is -1.84. The Bertz CT molecular complexity index is 440. The predicted octanol–water partition coefficient (Wildman–Crippen LogP) is 1.64. The van der Waals surface area contributed by atoms with Crippen LogP contribution in [0.3, 0.4) is 0 Å². The number of rotatable bonds is 2. The van der Waals surface area contributed by atoms with E-state index in [9.17, 15) is 9.59 Å². The Labute approximate surface area is 99.5 Å². The molecule has 0 spiro atoms. The van der Waals surface area contributed by atoms with Crippen molar-refractivity contribution in [3.63, 3.8) is 0 Å². The molecule has 1 saturated heterocycles. The summed E-state index contributed by atoms with van der Waals surface area (Å²) >= 11 is 0. The van der Waals surface area contributed by atoms with Gasteiger partial charge in [0.25, 0.3) is 0 Å². The van der Waals surface area contributed by atoms with E-state index in [1.165, 1.54) is 7.11 Å². The Morgan fingerprint density at radius 2 is 2.06 bits per heavy atom. The van der Waals surface area contributed by atoms with Crippen molar-refractivity contribution in [2.24, 2.45) is 5.92 Å². The molecule has 0 amide bonds. The lowest BCUT2D eigenvalue weighted by Crippen LogP contribution is -2.34. The summed E-state index contributed by atoms with van der Waals surface area (Å²) in [5.41, 5.74) is -0.118. The second-order valence-electron chi connectivity index (χ2n) is 4.23. The molecule has 2 atom stereocenters. The summed E-state index contributed by atoms with van der Waals surface area (Å²) in [6.07, 6.45) is 0.0675. The van der Waals surface area contributed by atoms with Gasteiger partial charge in [0, 0.05) is 0 Å². The summed E-state index contributed by atoms with van der Waals surface area (Å²) in [5, 5.41) is 0. The summed E-state index contributed by atoms with van der Waals surface area (Å²) in [4.78, 5) is 23.1. The van der Waals surface area contributed by atoms with E-state index in [1.807, 2.05) is 30.3 Å². The first-order chi connectivity index (χ1) is 8.08. The van der Waals surface area contributed by atoms with E-state index in [0.717, 1.165) is 5.56 Å². The highest BCUT2D eigenvalue weighted by atomic mass is 16.6. The average Bonchev–Trinajstić information content (AvgIpc) is 2.66. The van der Waals surface area contributed by atoms with E-state index >= 15 is 0 Å². The number of carbonyl (C=O) groups is 2. The third-order valence-electron chi connectivity index (χ3n) is 3.19. The van der Waals surface area contributed by atoms with E-state index in [-0.39, 0.29) is 12.4 Å². The first-order valence-corrected chi connectivity index (χ1v) is 5.43. The van der Waals surface area contributed by atoms with Crippen LogP contribution in [0.1, 0.15) is 18.9 Å². The number of hydrogen-bond acceptors (Lipinski definition) is 4. The molecule has 1 fully saturated rings. The lowest BCUT2D eigenvalue weighted by atomic mass is 9.83. The molecule has 0 aliphatic carbocycles. The van der Waals surface area contributed by atoms with Gasteiger partial charge in [-0.1, -0.05) is 30.3 Å². The van der Waals surface area contributed by atoms with Gasteiger partial charge in [-0.05, 0) is 12.5 Å². The second kappa shape index (κ2) is 4.20. The minimum atomic E-state index is -0.925. The van der Waals surface area contributed by atoms with Crippen molar-refractivity contribution in [1.29, 1.82) is 0 Å². The zero-order valence-electron chi connectivity index (χ0n) is 9.80. The number of cyclic esters (lactones) is 1. The Balaban J connectivity index is 2.40. The van der Waals surface area contributed by atoms with Crippen LogP contribution in [0.25, 0.3) is 0 Å². The van der Waals surface area contributed by atoms with Gasteiger partial charge in [0.05, 0.1) is 13.5 Å². The Kier molecular flexibility index (Phi) is 2.88. The van der Waals surface area contributed by atoms with Gasteiger partial charge in [-0.3, -0.25) is 9.59 Å². The van der Waals surface area contributed by atoms with Gasteiger partial charge >= 0.3 is 11.9 Å². The maximum Gasteiger partial charge on any atom is 0.313 e. The van der Waals surface area contributed by atoms with Crippen LogP contribution in [0.4, 0.5) is 0 Å². The zero-order valence-corrected chi connectivity index (χ0v) is 9.80. The standard InChI is InChI=1S/C13H14O4/c1-13(9-6-4-3-5-7-9)10(12(15)16-2)8-11(14)17-13/h3-7,10H,8H2,1-2H3/t10?,13-/m1/s1. The molecule has 2 rings (SSSR count). The van der Waals surface area contributed by atoms with Gasteiger partial charge in [0.1, 0.15) is 11.5 Å². The fourth-order valence-corrected chi connectivity index (χ4v) is 2.19. The molecule has 0 saturated carbocycles. The van der Waals surface area contributed by atoms with Crippen molar-refractivity contribution >= 4 is 11.9 Å². The normalized spacial score (nSPS) is 27.6. The van der Waals surface area contributed by atoms with Crippen molar-refractivity contribution in [3.8, 4) is 0 Å². The molecule has 1 aromatic rings. The van der Waals surface area contributed by atoms with E-state index in [4.69, 9.17) is 9.47 Å². The second-order valence-corrected chi connectivity index (χ2v) is 4.23. The maximum absolute atomic E-state index is 11.7. The largest absolute Gasteiger partial charge is 0.469 e. The van der Waals surface area contributed by atoms with Crippen LogP contribution < -0.4 is 0 Å². The Morgan fingerprint density at radius 1 is 1.41 bits per heavy atom. The van der Waals surface area contributed by atoms with Crippen molar-refractivity contribution in [1.82, 2.24) is 0 Å². The minimum Gasteiger partial charge on any atom is -0.469 e. The van der Waals surface area contributed by atoms with Gasteiger partial charge in [-0.15, -0.1) is 0 Å². The maximum atomic E-state index is 11.7. The van der Waals surface area contributed by atoms with Crippen molar-refractivity contribution in [2.75, 3.05) is 7.11 Å². The van der Waals surface area contributed by atoms with E-state index in [2.05, 4.69) is 0 Å². The van der Waals surface area contributed by atoms with Crippen LogP contribution in [0, 0.1) is 5.92 Å². The third kappa shape index (κ3) is 1.90. The predicted molar refractivity (Wildman–Crippen MR) is 60.0 cm³/mol. The SMILES string of the molecule is COC(=O)C1CC(=O)O[C@]1(C)c1ccccc1. The van der Waals surface area contributed by atoms with Crippen LogP contribution in [-0.2, 0) is 24.7 Å². The first-order valence-electron chi connectivity index (χ1n) is 5.43. The van der Waals surface area contributed by atoms with E-state index in [0.29, 0.717) is 0 Å². The first kappa shape index (κ1) is 11.6. The van der Waals surface area contributed by atoms with Crippen LogP contribution in [0.15, 0.2) is 30.3 Å². The molecule has 0 aromatic heterocycles. The highest BCUT2D eigenvalue weighted by Crippen LogP contribution is 2.41.